The molecule has 1 aromatic carbocycles. The van der Waals surface area contributed by atoms with Gasteiger partial charge in [0, 0.05) is 0 Å². The summed E-state index contributed by atoms with van der Waals surface area (Å²) < 4.78 is 10.1. The first kappa shape index (κ1) is 20.5. The average Bonchev–Trinajstić information content (AvgIpc) is 2.55. The van der Waals surface area contributed by atoms with E-state index in [1.807, 2.05) is 19.1 Å². The van der Waals surface area contributed by atoms with Crippen LogP contribution in [0.15, 0.2) is 24.3 Å². The lowest BCUT2D eigenvalue weighted by atomic mass is 9.82. The Labute approximate surface area is 135 Å². The van der Waals surface area contributed by atoms with Gasteiger partial charge in [0.25, 0.3) is 0 Å². The Morgan fingerprint density at radius 2 is 1.35 bits per heavy atom. The van der Waals surface area contributed by atoms with E-state index in [9.17, 15) is 9.59 Å². The van der Waals surface area contributed by atoms with Gasteiger partial charge in [-0.3, -0.25) is 9.59 Å². The van der Waals surface area contributed by atoms with Gasteiger partial charge in [-0.1, -0.05) is 31.2 Å². The first-order chi connectivity index (χ1) is 10.9. The molecule has 0 aliphatic rings. The van der Waals surface area contributed by atoms with Gasteiger partial charge in [-0.15, -0.1) is 0 Å². The standard InChI is InChI=1S/C16H22O4.CO2/c1-5-12-8-10-13(11-9-12)16(4,14(17)19-6-2)15(18)20-7-3;2-1-3/h8-11H,5-7H2,1-4H3;. The lowest BCUT2D eigenvalue weighted by Crippen LogP contribution is -2.43. The second-order valence-corrected chi connectivity index (χ2v) is 4.70. The maximum atomic E-state index is 12.2. The van der Waals surface area contributed by atoms with Crippen LogP contribution in [0.1, 0.15) is 38.8 Å². The van der Waals surface area contributed by atoms with Crippen molar-refractivity contribution in [2.45, 2.75) is 39.5 Å². The second kappa shape index (κ2) is 10.3. The van der Waals surface area contributed by atoms with Crippen molar-refractivity contribution in [3.8, 4) is 0 Å². The zero-order valence-corrected chi connectivity index (χ0v) is 13.9. The number of ether oxygens (including phenoxy) is 2. The molecule has 0 fully saturated rings. The molecular formula is C17H22O6. The molecule has 126 valence electrons. The highest BCUT2D eigenvalue weighted by molar-refractivity contribution is 6.05. The molecule has 0 unspecified atom stereocenters. The monoisotopic (exact) mass is 322 g/mol. The fraction of sp³-hybridized carbons (Fsp3) is 0.471. The topological polar surface area (TPSA) is 86.7 Å². The molecule has 0 aliphatic carbocycles. The Hall–Kier alpha value is -2.46. The molecule has 6 nitrogen and oxygen atoms in total. The Balaban J connectivity index is 0.00000149. The molecule has 0 heterocycles. The molecule has 1 rings (SSSR count). The summed E-state index contributed by atoms with van der Waals surface area (Å²) in [4.78, 5) is 40.7. The van der Waals surface area contributed by atoms with E-state index in [4.69, 9.17) is 19.1 Å². The van der Waals surface area contributed by atoms with Crippen LogP contribution in [0, 0.1) is 0 Å². The van der Waals surface area contributed by atoms with E-state index >= 15 is 0 Å². The maximum Gasteiger partial charge on any atom is 0.373 e. The van der Waals surface area contributed by atoms with E-state index < -0.39 is 17.4 Å². The molecule has 0 aromatic heterocycles. The zero-order valence-electron chi connectivity index (χ0n) is 13.9. The highest BCUT2D eigenvalue weighted by Crippen LogP contribution is 2.28. The molecule has 1 aromatic rings. The van der Waals surface area contributed by atoms with E-state index in [0.29, 0.717) is 5.56 Å². The number of hydrogen-bond acceptors (Lipinski definition) is 6. The number of rotatable bonds is 6. The van der Waals surface area contributed by atoms with Crippen molar-refractivity contribution in [3.05, 3.63) is 35.4 Å². The zero-order chi connectivity index (χ0) is 17.9. The predicted octanol–water partition coefficient (Wildman–Crippen LogP) is 2.05. The number of carbonyl (C=O) groups excluding carboxylic acids is 4. The van der Waals surface area contributed by atoms with Crippen LogP contribution < -0.4 is 0 Å². The largest absolute Gasteiger partial charge is 0.465 e. The van der Waals surface area contributed by atoms with Gasteiger partial charge < -0.3 is 9.47 Å². The third-order valence-corrected chi connectivity index (χ3v) is 3.31. The molecule has 0 atom stereocenters. The third-order valence-electron chi connectivity index (χ3n) is 3.31. The fourth-order valence-corrected chi connectivity index (χ4v) is 1.94. The summed E-state index contributed by atoms with van der Waals surface area (Å²) >= 11 is 0. The highest BCUT2D eigenvalue weighted by atomic mass is 16.6. The van der Waals surface area contributed by atoms with Gasteiger partial charge in [-0.05, 0) is 38.3 Å². The van der Waals surface area contributed by atoms with Crippen LogP contribution in [0.3, 0.4) is 0 Å². The van der Waals surface area contributed by atoms with E-state index in [1.165, 1.54) is 0 Å². The molecule has 0 amide bonds. The van der Waals surface area contributed by atoms with Gasteiger partial charge in [0.15, 0.2) is 5.41 Å². The Kier molecular flexibility index (Phi) is 9.20. The summed E-state index contributed by atoms with van der Waals surface area (Å²) in [6, 6.07) is 7.39. The van der Waals surface area contributed by atoms with Crippen LogP contribution >= 0.6 is 0 Å². The summed E-state index contributed by atoms with van der Waals surface area (Å²) in [5.74, 6) is -1.16. The number of carbonyl (C=O) groups is 2. The van der Waals surface area contributed by atoms with Crippen LogP contribution in [0.25, 0.3) is 0 Å². The first-order valence-electron chi connectivity index (χ1n) is 7.35. The number of benzene rings is 1. The average molecular weight is 322 g/mol. The van der Waals surface area contributed by atoms with Crippen molar-refractivity contribution < 1.29 is 28.7 Å². The summed E-state index contributed by atoms with van der Waals surface area (Å²) in [5.41, 5.74) is 0.314. The van der Waals surface area contributed by atoms with Gasteiger partial charge in [-0.2, -0.15) is 9.59 Å². The van der Waals surface area contributed by atoms with E-state index in [2.05, 4.69) is 0 Å². The summed E-state index contributed by atoms with van der Waals surface area (Å²) in [6.07, 6.45) is 1.15. The van der Waals surface area contributed by atoms with Crippen LogP contribution in [0.5, 0.6) is 0 Å². The molecular weight excluding hydrogens is 300 g/mol. The molecule has 6 heteroatoms. The molecule has 0 saturated carbocycles. The van der Waals surface area contributed by atoms with Crippen molar-refractivity contribution in [2.24, 2.45) is 0 Å². The normalized spacial score (nSPS) is 9.91. The fourth-order valence-electron chi connectivity index (χ4n) is 1.94. The molecule has 0 radical (unpaired) electrons. The smallest absolute Gasteiger partial charge is 0.373 e. The summed E-state index contributed by atoms with van der Waals surface area (Å²) in [6.45, 7) is 7.46. The second-order valence-electron chi connectivity index (χ2n) is 4.70. The van der Waals surface area contributed by atoms with Crippen LogP contribution in [-0.2, 0) is 40.5 Å². The predicted molar refractivity (Wildman–Crippen MR) is 81.4 cm³/mol. The summed E-state index contributed by atoms with van der Waals surface area (Å²) in [5, 5.41) is 0. The van der Waals surface area contributed by atoms with Gasteiger partial charge in [0.05, 0.1) is 13.2 Å². The first-order valence-corrected chi connectivity index (χ1v) is 7.35. The minimum absolute atomic E-state index is 0.223. The van der Waals surface area contributed by atoms with Gasteiger partial charge in [0.2, 0.25) is 0 Å². The molecule has 0 spiro atoms. The van der Waals surface area contributed by atoms with E-state index in [0.717, 1.165) is 12.0 Å². The highest BCUT2D eigenvalue weighted by Gasteiger charge is 2.46. The minimum atomic E-state index is -1.42. The Bertz CT molecular complexity index is 523. The Morgan fingerprint density at radius 1 is 0.957 bits per heavy atom. The van der Waals surface area contributed by atoms with Crippen LogP contribution in [-0.4, -0.2) is 31.3 Å². The van der Waals surface area contributed by atoms with Crippen molar-refractivity contribution in [1.29, 1.82) is 0 Å². The van der Waals surface area contributed by atoms with Crippen molar-refractivity contribution in [1.82, 2.24) is 0 Å². The Morgan fingerprint density at radius 3 is 1.65 bits per heavy atom. The minimum Gasteiger partial charge on any atom is -0.465 e. The lowest BCUT2D eigenvalue weighted by molar-refractivity contribution is -0.191. The number of esters is 2. The van der Waals surface area contributed by atoms with Crippen molar-refractivity contribution >= 4 is 18.1 Å². The van der Waals surface area contributed by atoms with E-state index in [1.54, 1.807) is 32.9 Å². The van der Waals surface area contributed by atoms with Gasteiger partial charge in [-0.25, -0.2) is 0 Å². The molecule has 0 bridgehead atoms. The third kappa shape index (κ3) is 5.34. The van der Waals surface area contributed by atoms with Gasteiger partial charge >= 0.3 is 18.1 Å². The van der Waals surface area contributed by atoms with Crippen molar-refractivity contribution in [3.63, 3.8) is 0 Å². The maximum absolute atomic E-state index is 12.2. The molecule has 0 N–H and O–H groups in total. The number of hydrogen-bond donors (Lipinski definition) is 0. The van der Waals surface area contributed by atoms with Crippen molar-refractivity contribution in [2.75, 3.05) is 13.2 Å². The lowest BCUT2D eigenvalue weighted by Gasteiger charge is -2.25. The van der Waals surface area contributed by atoms with E-state index in [-0.39, 0.29) is 19.4 Å². The van der Waals surface area contributed by atoms with Crippen LogP contribution in [0.2, 0.25) is 0 Å². The molecule has 0 saturated heterocycles. The quantitative estimate of drug-likeness (QED) is 0.588. The molecule has 0 aliphatic heterocycles. The SMILES string of the molecule is CCOC(=O)C(C)(C(=O)OCC)c1ccc(CC)cc1.O=C=O. The van der Waals surface area contributed by atoms with Crippen LogP contribution in [0.4, 0.5) is 0 Å². The number of aryl methyl sites for hydroxylation is 1. The molecule has 23 heavy (non-hydrogen) atoms. The summed E-state index contributed by atoms with van der Waals surface area (Å²) in [7, 11) is 0. The van der Waals surface area contributed by atoms with Gasteiger partial charge in [0.1, 0.15) is 0 Å².